The number of nitrogens with zero attached hydrogens (tertiary/aromatic N) is 1. The van der Waals surface area contributed by atoms with Gasteiger partial charge in [0.25, 0.3) is 0 Å². The van der Waals surface area contributed by atoms with Gasteiger partial charge in [0, 0.05) is 21.9 Å². The summed E-state index contributed by atoms with van der Waals surface area (Å²) in [6.45, 7) is 4.65. The maximum atomic E-state index is 6.33. The molecule has 0 spiro atoms. The molecule has 0 amide bonds. The van der Waals surface area contributed by atoms with Gasteiger partial charge in [-0.1, -0.05) is 68.4 Å². The van der Waals surface area contributed by atoms with E-state index in [1.807, 2.05) is 6.07 Å². The van der Waals surface area contributed by atoms with Crippen LogP contribution in [0.25, 0.3) is 49.8 Å². The van der Waals surface area contributed by atoms with Gasteiger partial charge in [-0.25, -0.2) is 0 Å². The van der Waals surface area contributed by atoms with Gasteiger partial charge in [0.15, 0.2) is 5.58 Å². The van der Waals surface area contributed by atoms with Gasteiger partial charge < -0.3 is 8.98 Å². The second-order valence-corrected chi connectivity index (χ2v) is 9.03. The van der Waals surface area contributed by atoms with Crippen molar-refractivity contribution in [3.8, 4) is 16.8 Å². The van der Waals surface area contributed by atoms with Crippen molar-refractivity contribution >= 4 is 33.0 Å². The summed E-state index contributed by atoms with van der Waals surface area (Å²) in [4.78, 5) is 0. The molecule has 0 fully saturated rings. The van der Waals surface area contributed by atoms with Crippen molar-refractivity contribution in [2.45, 2.75) is 19.3 Å². The van der Waals surface area contributed by atoms with E-state index in [4.69, 9.17) is 4.42 Å². The Morgan fingerprint density at radius 2 is 1.39 bits per heavy atom. The summed E-state index contributed by atoms with van der Waals surface area (Å²) in [6.07, 6.45) is 0. The average molecular weight is 399 g/mol. The van der Waals surface area contributed by atoms with Crippen LogP contribution in [0.15, 0.2) is 95.4 Å². The number of aromatic nitrogens is 1. The van der Waals surface area contributed by atoms with E-state index < -0.39 is 0 Å². The van der Waals surface area contributed by atoms with Crippen LogP contribution >= 0.6 is 0 Å². The SMILES string of the molecule is CC1(C)c2ccccc2-c2cc(-n3c4ccccc4c4oc5ccccc5c43)ccc21. The van der Waals surface area contributed by atoms with Gasteiger partial charge in [0.05, 0.1) is 5.52 Å². The Hall–Kier alpha value is -3.78. The van der Waals surface area contributed by atoms with Gasteiger partial charge in [-0.05, 0) is 58.7 Å². The minimum absolute atomic E-state index is 0.0148. The third kappa shape index (κ3) is 2.07. The highest BCUT2D eigenvalue weighted by Gasteiger charge is 2.35. The van der Waals surface area contributed by atoms with Gasteiger partial charge >= 0.3 is 0 Å². The van der Waals surface area contributed by atoms with Crippen molar-refractivity contribution in [3.63, 3.8) is 0 Å². The molecule has 1 aliphatic rings. The molecule has 0 saturated carbocycles. The van der Waals surface area contributed by atoms with E-state index in [0.29, 0.717) is 0 Å². The lowest BCUT2D eigenvalue weighted by atomic mass is 9.82. The summed E-state index contributed by atoms with van der Waals surface area (Å²) in [5, 5.41) is 2.30. The Bertz CT molecular complexity index is 1660. The van der Waals surface area contributed by atoms with Crippen molar-refractivity contribution in [1.82, 2.24) is 4.57 Å². The fourth-order valence-corrected chi connectivity index (χ4v) is 5.53. The minimum atomic E-state index is 0.0148. The van der Waals surface area contributed by atoms with Gasteiger partial charge in [0.2, 0.25) is 0 Å². The minimum Gasteiger partial charge on any atom is -0.454 e. The molecule has 6 aromatic rings. The summed E-state index contributed by atoms with van der Waals surface area (Å²) in [6, 6.07) is 32.6. The summed E-state index contributed by atoms with van der Waals surface area (Å²) in [5.41, 5.74) is 10.9. The Kier molecular flexibility index (Phi) is 3.10. The topological polar surface area (TPSA) is 18.1 Å². The van der Waals surface area contributed by atoms with E-state index in [9.17, 15) is 0 Å². The monoisotopic (exact) mass is 399 g/mol. The van der Waals surface area contributed by atoms with Crippen LogP contribution in [0.2, 0.25) is 0 Å². The number of fused-ring (bicyclic) bond motifs is 8. The molecule has 7 rings (SSSR count). The predicted octanol–water partition coefficient (Wildman–Crippen LogP) is 7.84. The van der Waals surface area contributed by atoms with Crippen molar-refractivity contribution in [2.24, 2.45) is 0 Å². The second kappa shape index (κ2) is 5.67. The Morgan fingerprint density at radius 3 is 2.29 bits per heavy atom. The number of rotatable bonds is 1. The molecule has 31 heavy (non-hydrogen) atoms. The van der Waals surface area contributed by atoms with E-state index in [-0.39, 0.29) is 5.41 Å². The van der Waals surface area contributed by atoms with Crippen LogP contribution in [0.4, 0.5) is 0 Å². The third-order valence-electron chi connectivity index (χ3n) is 7.01. The number of hydrogen-bond donors (Lipinski definition) is 0. The summed E-state index contributed by atoms with van der Waals surface area (Å²) < 4.78 is 8.69. The van der Waals surface area contributed by atoms with Gasteiger partial charge in [-0.3, -0.25) is 0 Å². The average Bonchev–Trinajstić information content (AvgIpc) is 3.40. The number of benzene rings is 4. The van der Waals surface area contributed by atoms with Crippen molar-refractivity contribution < 1.29 is 4.42 Å². The van der Waals surface area contributed by atoms with Crippen LogP contribution in [0, 0.1) is 0 Å². The lowest BCUT2D eigenvalue weighted by molar-refractivity contribution is 0.660. The zero-order valence-corrected chi connectivity index (χ0v) is 17.5. The van der Waals surface area contributed by atoms with E-state index in [1.54, 1.807) is 0 Å². The lowest BCUT2D eigenvalue weighted by Crippen LogP contribution is -2.14. The fourth-order valence-electron chi connectivity index (χ4n) is 5.53. The van der Waals surface area contributed by atoms with Crippen LogP contribution in [-0.2, 0) is 5.41 Å². The molecule has 0 bridgehead atoms. The normalized spacial score (nSPS) is 14.4. The first-order valence-corrected chi connectivity index (χ1v) is 10.8. The Labute approximate surface area is 180 Å². The molecule has 2 heteroatoms. The zero-order valence-electron chi connectivity index (χ0n) is 17.5. The van der Waals surface area contributed by atoms with Crippen LogP contribution in [0.1, 0.15) is 25.0 Å². The molecular weight excluding hydrogens is 378 g/mol. The molecule has 2 aromatic heterocycles. The quantitative estimate of drug-likeness (QED) is 0.275. The van der Waals surface area contributed by atoms with Gasteiger partial charge in [-0.2, -0.15) is 0 Å². The number of hydrogen-bond acceptors (Lipinski definition) is 1. The first kappa shape index (κ1) is 17.0. The molecule has 0 unspecified atom stereocenters. The first-order valence-electron chi connectivity index (χ1n) is 10.8. The third-order valence-corrected chi connectivity index (χ3v) is 7.01. The number of para-hydroxylation sites is 2. The van der Waals surface area contributed by atoms with Crippen LogP contribution in [0.5, 0.6) is 0 Å². The molecule has 2 heterocycles. The van der Waals surface area contributed by atoms with Crippen molar-refractivity contribution in [1.29, 1.82) is 0 Å². The molecule has 4 aromatic carbocycles. The van der Waals surface area contributed by atoms with E-state index in [0.717, 1.165) is 27.5 Å². The second-order valence-electron chi connectivity index (χ2n) is 9.03. The predicted molar refractivity (Wildman–Crippen MR) is 128 cm³/mol. The maximum absolute atomic E-state index is 6.33. The lowest BCUT2D eigenvalue weighted by Gasteiger charge is -2.21. The zero-order chi connectivity index (χ0) is 20.7. The van der Waals surface area contributed by atoms with E-state index >= 15 is 0 Å². The maximum Gasteiger partial charge on any atom is 0.161 e. The highest BCUT2D eigenvalue weighted by Crippen LogP contribution is 2.49. The summed E-state index contributed by atoms with van der Waals surface area (Å²) in [5.74, 6) is 0. The van der Waals surface area contributed by atoms with E-state index in [1.165, 1.54) is 33.5 Å². The first-order chi connectivity index (χ1) is 15.1. The smallest absolute Gasteiger partial charge is 0.161 e. The molecular formula is C29H21NO. The molecule has 0 saturated heterocycles. The fraction of sp³-hybridized carbons (Fsp3) is 0.103. The molecule has 2 nitrogen and oxygen atoms in total. The van der Waals surface area contributed by atoms with Crippen LogP contribution in [0.3, 0.4) is 0 Å². The molecule has 148 valence electrons. The Balaban J connectivity index is 1.61. The summed E-state index contributed by atoms with van der Waals surface area (Å²) >= 11 is 0. The van der Waals surface area contributed by atoms with Crippen molar-refractivity contribution in [3.05, 3.63) is 102 Å². The summed E-state index contributed by atoms with van der Waals surface area (Å²) in [7, 11) is 0. The standard InChI is InChI=1S/C29H21NO/c1-29(2)23-12-6-3-9-19(23)22-17-18(15-16-24(22)29)30-25-13-7-4-10-20(25)28-27(30)21-11-5-8-14-26(21)31-28/h3-17H,1-2H3. The highest BCUT2D eigenvalue weighted by molar-refractivity contribution is 6.16. The van der Waals surface area contributed by atoms with Gasteiger partial charge in [-0.15, -0.1) is 0 Å². The molecule has 0 aliphatic heterocycles. The molecule has 1 aliphatic carbocycles. The molecule has 0 radical (unpaired) electrons. The number of furan rings is 1. The Morgan fingerprint density at radius 1 is 0.677 bits per heavy atom. The van der Waals surface area contributed by atoms with Crippen LogP contribution < -0.4 is 0 Å². The van der Waals surface area contributed by atoms with E-state index in [2.05, 4.69) is 103 Å². The van der Waals surface area contributed by atoms with Crippen LogP contribution in [-0.4, -0.2) is 4.57 Å². The van der Waals surface area contributed by atoms with Gasteiger partial charge in [0.1, 0.15) is 11.1 Å². The van der Waals surface area contributed by atoms with Crippen molar-refractivity contribution in [2.75, 3.05) is 0 Å². The highest BCUT2D eigenvalue weighted by atomic mass is 16.3. The molecule has 0 atom stereocenters. The largest absolute Gasteiger partial charge is 0.454 e. The molecule has 0 N–H and O–H groups in total.